The first-order chi connectivity index (χ1) is 14.1. The highest BCUT2D eigenvalue weighted by molar-refractivity contribution is 9.10. The van der Waals surface area contributed by atoms with E-state index < -0.39 is 21.6 Å². The molecular weight excluding hydrogens is 486 g/mol. The van der Waals surface area contributed by atoms with Crippen LogP contribution in [0.4, 0.5) is 0 Å². The third-order valence-corrected chi connectivity index (χ3v) is 6.12. The van der Waals surface area contributed by atoms with Crippen LogP contribution in [0.25, 0.3) is 0 Å². The van der Waals surface area contributed by atoms with Crippen LogP contribution in [-0.2, 0) is 39.8 Å². The van der Waals surface area contributed by atoms with Crippen LogP contribution < -0.4 is 10.2 Å². The number of fused-ring (bicyclic) bond motifs is 1. The average Bonchev–Trinajstić information content (AvgIpc) is 2.67. The van der Waals surface area contributed by atoms with E-state index >= 15 is 0 Å². The fourth-order valence-electron chi connectivity index (χ4n) is 3.56. The minimum atomic E-state index is -3.55. The minimum Gasteiger partial charge on any atom is -0.491 e. The van der Waals surface area contributed by atoms with Gasteiger partial charge in [-0.2, -0.15) is 8.42 Å². The molecule has 10 nitrogen and oxygen atoms in total. The molecule has 172 valence electrons. The van der Waals surface area contributed by atoms with E-state index in [4.69, 9.17) is 27.9 Å². The summed E-state index contributed by atoms with van der Waals surface area (Å²) >= 11 is 3.28. The second-order valence-electron chi connectivity index (χ2n) is 7.14. The molecule has 12 heteroatoms. The first kappa shape index (κ1) is 25.2. The summed E-state index contributed by atoms with van der Waals surface area (Å²) in [6.07, 6.45) is 1.64. The van der Waals surface area contributed by atoms with E-state index in [1.54, 1.807) is 13.3 Å². The Morgan fingerprint density at radius 2 is 1.97 bits per heavy atom. The highest BCUT2D eigenvalue weighted by Gasteiger charge is 2.50. The van der Waals surface area contributed by atoms with E-state index in [-0.39, 0.29) is 43.9 Å². The van der Waals surface area contributed by atoms with Gasteiger partial charge in [0.1, 0.15) is 12.9 Å². The SMILES string of the molecule is COCOC1c2c(OC)c(=O)c(Br)cn2CC(OC)C1(C)COCCOS(C)(=O)=O. The van der Waals surface area contributed by atoms with Crippen LogP contribution in [0.2, 0.25) is 0 Å². The number of hydrogen-bond acceptors (Lipinski definition) is 9. The Morgan fingerprint density at radius 3 is 2.53 bits per heavy atom. The standard InChI is InChI=1S/C18H28BrNO9S/c1-18(10-27-6-7-29-30(5,22)23)13(25-3)9-20-8-12(19)15(21)16(26-4)14(20)17(18)28-11-24-2/h8,13,17H,6-7,9-11H2,1-5H3. The molecule has 0 saturated carbocycles. The molecule has 0 N–H and O–H groups in total. The van der Waals surface area contributed by atoms with Crippen LogP contribution in [0.3, 0.4) is 0 Å². The quantitative estimate of drug-likeness (QED) is 0.245. The second-order valence-corrected chi connectivity index (χ2v) is 9.64. The number of halogens is 1. The lowest BCUT2D eigenvalue weighted by Crippen LogP contribution is -2.51. The van der Waals surface area contributed by atoms with Crippen molar-refractivity contribution in [1.82, 2.24) is 4.57 Å². The highest BCUT2D eigenvalue weighted by atomic mass is 79.9. The molecule has 1 aliphatic heterocycles. The van der Waals surface area contributed by atoms with Gasteiger partial charge < -0.3 is 28.3 Å². The molecule has 3 unspecified atom stereocenters. The van der Waals surface area contributed by atoms with Gasteiger partial charge in [0.25, 0.3) is 10.1 Å². The zero-order valence-corrected chi connectivity index (χ0v) is 20.1. The molecule has 0 aliphatic carbocycles. The number of pyridine rings is 1. The van der Waals surface area contributed by atoms with Crippen molar-refractivity contribution < 1.29 is 36.3 Å². The van der Waals surface area contributed by atoms with Crippen molar-refractivity contribution in [2.45, 2.75) is 25.7 Å². The van der Waals surface area contributed by atoms with Gasteiger partial charge in [-0.05, 0) is 15.9 Å². The summed E-state index contributed by atoms with van der Waals surface area (Å²) in [6.45, 7) is 2.41. The summed E-state index contributed by atoms with van der Waals surface area (Å²) < 4.78 is 57.1. The summed E-state index contributed by atoms with van der Waals surface area (Å²) in [5.74, 6) is 0.159. The van der Waals surface area contributed by atoms with Gasteiger partial charge in [0.05, 0.1) is 54.9 Å². The van der Waals surface area contributed by atoms with Crippen LogP contribution in [0, 0.1) is 5.41 Å². The Morgan fingerprint density at radius 1 is 1.27 bits per heavy atom. The number of ether oxygens (including phenoxy) is 5. The molecular formula is C18H28BrNO9S. The van der Waals surface area contributed by atoms with E-state index in [0.717, 1.165) is 6.26 Å². The molecule has 1 aliphatic rings. The van der Waals surface area contributed by atoms with Crippen LogP contribution in [0.1, 0.15) is 18.7 Å². The van der Waals surface area contributed by atoms with E-state index in [1.807, 2.05) is 11.5 Å². The summed E-state index contributed by atoms with van der Waals surface area (Å²) in [7, 11) is 0.966. The van der Waals surface area contributed by atoms with Crippen LogP contribution >= 0.6 is 15.9 Å². The third-order valence-electron chi connectivity index (χ3n) is 4.96. The Balaban J connectivity index is 2.39. The normalized spacial score (nSPS) is 23.9. The molecule has 0 saturated heterocycles. The smallest absolute Gasteiger partial charge is 0.264 e. The fraction of sp³-hybridized carbons (Fsp3) is 0.722. The lowest BCUT2D eigenvalue weighted by atomic mass is 9.74. The molecule has 0 spiro atoms. The summed E-state index contributed by atoms with van der Waals surface area (Å²) in [5.41, 5.74) is -0.490. The van der Waals surface area contributed by atoms with Crippen LogP contribution in [-0.4, -0.2) is 73.3 Å². The van der Waals surface area contributed by atoms with Gasteiger partial charge in [0.2, 0.25) is 5.43 Å². The van der Waals surface area contributed by atoms with Gasteiger partial charge in [-0.1, -0.05) is 6.92 Å². The third kappa shape index (κ3) is 5.61. The molecule has 0 fully saturated rings. The molecule has 2 rings (SSSR count). The Labute approximate surface area is 184 Å². The maximum absolute atomic E-state index is 12.6. The van der Waals surface area contributed by atoms with Crippen molar-refractivity contribution >= 4 is 26.0 Å². The maximum Gasteiger partial charge on any atom is 0.264 e. The molecule has 0 bridgehead atoms. The van der Waals surface area contributed by atoms with E-state index in [2.05, 4.69) is 15.9 Å². The average molecular weight is 514 g/mol. The number of rotatable bonds is 11. The van der Waals surface area contributed by atoms with Crippen molar-refractivity contribution in [3.05, 3.63) is 26.6 Å². The largest absolute Gasteiger partial charge is 0.491 e. The topological polar surface area (TPSA) is 112 Å². The number of aromatic nitrogens is 1. The zero-order chi connectivity index (χ0) is 22.5. The Hall–Kier alpha value is -1.02. The Bertz CT molecular complexity index is 888. The van der Waals surface area contributed by atoms with Crippen molar-refractivity contribution in [3.8, 4) is 5.75 Å². The highest BCUT2D eigenvalue weighted by Crippen LogP contribution is 2.47. The number of methoxy groups -OCH3 is 3. The van der Waals surface area contributed by atoms with Gasteiger partial charge in [-0.25, -0.2) is 0 Å². The molecule has 3 atom stereocenters. The first-order valence-corrected chi connectivity index (χ1v) is 11.7. The van der Waals surface area contributed by atoms with E-state index in [0.29, 0.717) is 16.7 Å². The molecule has 1 aromatic rings. The lowest BCUT2D eigenvalue weighted by molar-refractivity contribution is -0.190. The summed E-state index contributed by atoms with van der Waals surface area (Å²) in [6, 6.07) is 0. The minimum absolute atomic E-state index is 0.0265. The monoisotopic (exact) mass is 513 g/mol. The van der Waals surface area contributed by atoms with Crippen molar-refractivity contribution in [2.75, 3.05) is 54.2 Å². The molecule has 2 heterocycles. The van der Waals surface area contributed by atoms with E-state index in [9.17, 15) is 13.2 Å². The second kappa shape index (κ2) is 10.5. The van der Waals surface area contributed by atoms with Crippen molar-refractivity contribution in [3.63, 3.8) is 0 Å². The van der Waals surface area contributed by atoms with Gasteiger partial charge in [0, 0.05) is 27.0 Å². The molecule has 30 heavy (non-hydrogen) atoms. The number of nitrogens with zero attached hydrogens (tertiary/aromatic N) is 1. The molecule has 0 amide bonds. The van der Waals surface area contributed by atoms with Gasteiger partial charge in [-0.15, -0.1) is 0 Å². The Kier molecular flexibility index (Phi) is 8.86. The lowest BCUT2D eigenvalue weighted by Gasteiger charge is -2.47. The van der Waals surface area contributed by atoms with Crippen molar-refractivity contribution in [1.29, 1.82) is 0 Å². The maximum atomic E-state index is 12.6. The zero-order valence-electron chi connectivity index (χ0n) is 17.7. The van der Waals surface area contributed by atoms with E-state index in [1.165, 1.54) is 14.2 Å². The van der Waals surface area contributed by atoms with Crippen LogP contribution in [0.15, 0.2) is 15.5 Å². The summed E-state index contributed by atoms with van der Waals surface area (Å²) in [5, 5.41) is 0. The fourth-order valence-corrected chi connectivity index (χ4v) is 4.36. The summed E-state index contributed by atoms with van der Waals surface area (Å²) in [4.78, 5) is 12.6. The first-order valence-electron chi connectivity index (χ1n) is 9.11. The van der Waals surface area contributed by atoms with Crippen molar-refractivity contribution in [2.24, 2.45) is 5.41 Å². The van der Waals surface area contributed by atoms with Gasteiger partial charge in [0.15, 0.2) is 5.75 Å². The van der Waals surface area contributed by atoms with Crippen LogP contribution in [0.5, 0.6) is 5.75 Å². The predicted molar refractivity (Wildman–Crippen MR) is 111 cm³/mol. The molecule has 0 radical (unpaired) electrons. The molecule has 0 aromatic carbocycles. The van der Waals surface area contributed by atoms with Gasteiger partial charge >= 0.3 is 0 Å². The number of hydrogen-bond donors (Lipinski definition) is 0. The molecule has 1 aromatic heterocycles. The predicted octanol–water partition coefficient (Wildman–Crippen LogP) is 1.31. The van der Waals surface area contributed by atoms with Gasteiger partial charge in [-0.3, -0.25) is 8.98 Å².